The van der Waals surface area contributed by atoms with Gasteiger partial charge in [0.1, 0.15) is 11.5 Å². The molecule has 0 radical (unpaired) electrons. The largest absolute Gasteiger partial charge is 0.457 e. The van der Waals surface area contributed by atoms with Crippen molar-refractivity contribution >= 4 is 17.1 Å². The number of rotatable bonds is 5. The van der Waals surface area contributed by atoms with Gasteiger partial charge in [0, 0.05) is 28.1 Å². The maximum absolute atomic E-state index is 7.25. The fraction of sp³-hybridized carbons (Fsp3) is 0.214. The Balaban J connectivity index is 1.03. The summed E-state index contributed by atoms with van der Waals surface area (Å²) in [7, 11) is 0. The smallest absolute Gasteiger partial charge is 0.132 e. The number of hydrogen-bond donors (Lipinski definition) is 0. The van der Waals surface area contributed by atoms with Gasteiger partial charge in [0.2, 0.25) is 0 Å². The molecule has 0 atom stereocenters. The molecule has 15 rings (SSSR count). The lowest BCUT2D eigenvalue weighted by Crippen LogP contribution is -2.33. The molecule has 0 aromatic heterocycles. The van der Waals surface area contributed by atoms with Crippen molar-refractivity contribution in [3.63, 3.8) is 0 Å². The lowest BCUT2D eigenvalue weighted by molar-refractivity contribution is 0.436. The molecule has 4 aliphatic rings. The molecular formula is C84H75NO. The van der Waals surface area contributed by atoms with Gasteiger partial charge in [-0.15, -0.1) is 0 Å². The van der Waals surface area contributed by atoms with Crippen molar-refractivity contribution in [1.29, 1.82) is 0 Å². The summed E-state index contributed by atoms with van der Waals surface area (Å²) in [6, 6.07) is 90.8. The van der Waals surface area contributed by atoms with Crippen molar-refractivity contribution in [3.8, 4) is 67.1 Å². The minimum absolute atomic E-state index is 0.0683. The molecule has 86 heavy (non-hydrogen) atoms. The molecule has 1 heterocycles. The zero-order valence-electron chi connectivity index (χ0n) is 51.9. The molecule has 0 unspecified atom stereocenters. The zero-order valence-corrected chi connectivity index (χ0v) is 51.9. The van der Waals surface area contributed by atoms with Crippen molar-refractivity contribution in [2.45, 2.75) is 116 Å². The highest BCUT2D eigenvalue weighted by atomic mass is 16.5. The first-order valence-electron chi connectivity index (χ1n) is 31.0. The molecule has 2 heteroatoms. The average molecular weight is 1110 g/mol. The number of fused-ring (bicyclic) bond motifs is 19. The lowest BCUT2D eigenvalue weighted by atomic mass is 9.65. The molecular weight excluding hydrogens is 1040 g/mol. The first kappa shape index (κ1) is 53.7. The van der Waals surface area contributed by atoms with E-state index in [1.807, 2.05) is 0 Å². The first-order chi connectivity index (χ1) is 41.1. The summed E-state index contributed by atoms with van der Waals surface area (Å²) in [6.07, 6.45) is 0. The topological polar surface area (TPSA) is 12.5 Å². The highest BCUT2D eigenvalue weighted by molar-refractivity contribution is 5.98. The van der Waals surface area contributed by atoms with Gasteiger partial charge in [-0.2, -0.15) is 0 Å². The molecule has 2 spiro atoms. The number of nitrogens with zero attached hydrogens (tertiary/aromatic N) is 1. The van der Waals surface area contributed by atoms with E-state index in [-0.39, 0.29) is 21.7 Å². The van der Waals surface area contributed by atoms with Crippen molar-refractivity contribution in [2.24, 2.45) is 0 Å². The Labute approximate surface area is 509 Å². The molecule has 0 fully saturated rings. The van der Waals surface area contributed by atoms with Crippen LogP contribution in [0.4, 0.5) is 17.1 Å². The van der Waals surface area contributed by atoms with Crippen LogP contribution in [0, 0.1) is 0 Å². The van der Waals surface area contributed by atoms with E-state index in [0.29, 0.717) is 0 Å². The quantitative estimate of drug-likeness (QED) is 0.170. The molecule has 0 saturated heterocycles. The zero-order chi connectivity index (χ0) is 59.5. The fourth-order valence-corrected chi connectivity index (χ4v) is 15.1. The third-order valence-electron chi connectivity index (χ3n) is 19.6. The van der Waals surface area contributed by atoms with Crippen LogP contribution in [0.3, 0.4) is 0 Å². The second-order valence-electron chi connectivity index (χ2n) is 28.9. The van der Waals surface area contributed by atoms with Gasteiger partial charge in [0.15, 0.2) is 0 Å². The minimum Gasteiger partial charge on any atom is -0.457 e. The Morgan fingerprint density at radius 1 is 0.256 bits per heavy atom. The van der Waals surface area contributed by atoms with E-state index in [1.54, 1.807) is 0 Å². The van der Waals surface area contributed by atoms with E-state index in [0.717, 1.165) is 50.8 Å². The van der Waals surface area contributed by atoms with E-state index in [2.05, 4.69) is 325 Å². The summed E-state index contributed by atoms with van der Waals surface area (Å²) < 4.78 is 7.25. The van der Waals surface area contributed by atoms with Crippen LogP contribution in [0.15, 0.2) is 237 Å². The van der Waals surface area contributed by atoms with E-state index >= 15 is 0 Å². The van der Waals surface area contributed by atoms with Crippen LogP contribution < -0.4 is 9.64 Å². The molecule has 1 aliphatic heterocycles. The normalized spacial score (nSPS) is 14.6. The van der Waals surface area contributed by atoms with E-state index in [1.165, 1.54) is 100 Å². The SMILES string of the molecule is CC(C)(C)c1ccc2c(c1)C1(c3ccccc3Oc3ccc(N(c4ccc5c(c4)C4(c6ccccc6-5)c5cc(C(C)(C)C)ccc5-c5ccc(C(C)(C)C)cc54)c4ccccc4-c4ccc(-c5ccccc5)cc4)cc31)c1cc(C(C)(C)C)ccc1-2. The molecule has 0 saturated carbocycles. The van der Waals surface area contributed by atoms with Crippen LogP contribution in [-0.2, 0) is 32.5 Å². The van der Waals surface area contributed by atoms with Gasteiger partial charge >= 0.3 is 0 Å². The summed E-state index contributed by atoms with van der Waals surface area (Å²) in [4.78, 5) is 2.56. The number of ether oxygens (including phenoxy) is 1. The number of benzene rings is 11. The average Bonchev–Trinajstić information content (AvgIpc) is 1.50. The summed E-state index contributed by atoms with van der Waals surface area (Å²) in [5, 5.41) is 0. The Morgan fingerprint density at radius 3 is 1.12 bits per heavy atom. The van der Waals surface area contributed by atoms with Crippen LogP contribution in [0.2, 0.25) is 0 Å². The number of hydrogen-bond acceptors (Lipinski definition) is 2. The Bertz CT molecular complexity index is 4460. The number of anilines is 3. The van der Waals surface area contributed by atoms with E-state index < -0.39 is 10.8 Å². The molecule has 11 aromatic carbocycles. The Hall–Kier alpha value is -8.98. The van der Waals surface area contributed by atoms with Crippen molar-refractivity contribution in [1.82, 2.24) is 0 Å². The summed E-state index contributed by atoms with van der Waals surface area (Å²) in [5.74, 6) is 1.75. The van der Waals surface area contributed by atoms with Crippen LogP contribution in [-0.4, -0.2) is 0 Å². The summed E-state index contributed by atoms with van der Waals surface area (Å²) in [5.41, 5.74) is 29.5. The van der Waals surface area contributed by atoms with Gasteiger partial charge < -0.3 is 9.64 Å². The Kier molecular flexibility index (Phi) is 11.7. The van der Waals surface area contributed by atoms with Crippen molar-refractivity contribution in [2.75, 3.05) is 4.90 Å². The molecule has 2 nitrogen and oxygen atoms in total. The van der Waals surface area contributed by atoms with Gasteiger partial charge in [-0.25, -0.2) is 0 Å². The Morgan fingerprint density at radius 2 is 0.605 bits per heavy atom. The molecule has 0 amide bonds. The van der Waals surface area contributed by atoms with Crippen molar-refractivity contribution in [3.05, 3.63) is 303 Å². The van der Waals surface area contributed by atoms with Crippen LogP contribution in [0.1, 0.15) is 150 Å². The van der Waals surface area contributed by atoms with E-state index in [9.17, 15) is 0 Å². The molecule has 11 aromatic rings. The van der Waals surface area contributed by atoms with E-state index in [4.69, 9.17) is 4.74 Å². The van der Waals surface area contributed by atoms with Gasteiger partial charge in [-0.1, -0.05) is 277 Å². The highest BCUT2D eigenvalue weighted by Crippen LogP contribution is 2.66. The highest BCUT2D eigenvalue weighted by Gasteiger charge is 2.54. The monoisotopic (exact) mass is 1110 g/mol. The molecule has 422 valence electrons. The minimum atomic E-state index is -0.720. The third kappa shape index (κ3) is 7.91. The van der Waals surface area contributed by atoms with Crippen LogP contribution >= 0.6 is 0 Å². The van der Waals surface area contributed by atoms with Gasteiger partial charge in [-0.05, 0) is 170 Å². The summed E-state index contributed by atoms with van der Waals surface area (Å²) >= 11 is 0. The molecule has 3 aliphatic carbocycles. The van der Waals surface area contributed by atoms with Gasteiger partial charge in [-0.3, -0.25) is 0 Å². The van der Waals surface area contributed by atoms with Gasteiger partial charge in [0.25, 0.3) is 0 Å². The lowest BCUT2D eigenvalue weighted by Gasteiger charge is -2.41. The van der Waals surface area contributed by atoms with Crippen molar-refractivity contribution < 1.29 is 4.74 Å². The maximum atomic E-state index is 7.25. The third-order valence-corrected chi connectivity index (χ3v) is 19.6. The molecule has 0 N–H and O–H groups in total. The van der Waals surface area contributed by atoms with Gasteiger partial charge in [0.05, 0.1) is 16.5 Å². The molecule has 0 bridgehead atoms. The second-order valence-corrected chi connectivity index (χ2v) is 28.9. The second kappa shape index (κ2) is 18.8. The maximum Gasteiger partial charge on any atom is 0.132 e. The summed E-state index contributed by atoms with van der Waals surface area (Å²) in [6.45, 7) is 28.1. The number of para-hydroxylation sites is 2. The standard InChI is InChI=1S/C84H75NO/c1-79(2,3)55-34-40-63-64-41-35-56(80(4,5)6)47-71(64)83(70(63)46-55)68-26-18-16-25-62(68)67-44-38-59(50-74(67)83)85(76-28-20-17-24-61(76)54-32-30-53(31-33-54)52-22-14-13-15-23-52)60-39-45-78-75(51-60)84(69-27-19-21-29-77(69)86-78)72-48-57(81(7,8)9)36-42-65(72)66-43-37-58(49-73(66)84)82(10,11)12/h13-51H,1-12H3. The predicted octanol–water partition coefficient (Wildman–Crippen LogP) is 22.5. The fourth-order valence-electron chi connectivity index (χ4n) is 15.1. The van der Waals surface area contributed by atoms with Crippen LogP contribution in [0.25, 0.3) is 55.6 Å². The predicted molar refractivity (Wildman–Crippen MR) is 360 cm³/mol. The first-order valence-corrected chi connectivity index (χ1v) is 31.0. The van der Waals surface area contributed by atoms with Crippen LogP contribution in [0.5, 0.6) is 11.5 Å².